The van der Waals surface area contributed by atoms with Gasteiger partial charge in [-0.05, 0) is 36.2 Å². The van der Waals surface area contributed by atoms with Crippen LogP contribution >= 0.6 is 23.2 Å². The van der Waals surface area contributed by atoms with Crippen molar-refractivity contribution in [2.45, 2.75) is 13.8 Å². The van der Waals surface area contributed by atoms with Gasteiger partial charge >= 0.3 is 5.69 Å². The summed E-state index contributed by atoms with van der Waals surface area (Å²) in [4.78, 5) is 14.4. The van der Waals surface area contributed by atoms with Gasteiger partial charge in [0.1, 0.15) is 16.1 Å². The fourth-order valence-corrected chi connectivity index (χ4v) is 3.02. The molecular weight excluding hydrogens is 403 g/mol. The highest BCUT2D eigenvalue weighted by Crippen LogP contribution is 2.42. The molecule has 2 N–H and O–H groups in total. The minimum absolute atomic E-state index is 0.0999. The summed E-state index contributed by atoms with van der Waals surface area (Å²) in [7, 11) is 0. The summed E-state index contributed by atoms with van der Waals surface area (Å²) in [5.74, 6) is -2.07. The third-order valence-corrected chi connectivity index (χ3v) is 4.80. The average Bonchev–Trinajstić information content (AvgIpc) is 3.09. The van der Waals surface area contributed by atoms with E-state index in [-0.39, 0.29) is 38.7 Å². The highest BCUT2D eigenvalue weighted by Gasteiger charge is 2.30. The molecule has 3 aromatic rings. The van der Waals surface area contributed by atoms with Crippen LogP contribution in [-0.4, -0.2) is 25.3 Å². The number of halogens is 2. The van der Waals surface area contributed by atoms with Gasteiger partial charge in [0.15, 0.2) is 5.75 Å². The minimum atomic E-state index is -0.942. The fourth-order valence-electron chi connectivity index (χ4n) is 2.49. The van der Waals surface area contributed by atoms with E-state index in [1.165, 1.54) is 6.92 Å². The number of nitro groups is 1. The number of aromatic nitrogens is 3. The number of pyridine rings is 1. The van der Waals surface area contributed by atoms with Crippen LogP contribution in [0.4, 0.5) is 5.69 Å². The summed E-state index contributed by atoms with van der Waals surface area (Å²) >= 11 is 12.2. The third kappa shape index (κ3) is 2.88. The van der Waals surface area contributed by atoms with Crippen molar-refractivity contribution in [3.63, 3.8) is 0 Å². The van der Waals surface area contributed by atoms with Crippen LogP contribution < -0.4 is 4.73 Å². The highest BCUT2D eigenvalue weighted by molar-refractivity contribution is 6.34. The Bertz CT molecular complexity index is 1070. The van der Waals surface area contributed by atoms with Gasteiger partial charge in [0.05, 0.1) is 4.92 Å². The molecule has 0 aliphatic rings. The lowest BCUT2D eigenvalue weighted by atomic mass is 10.1. The number of hydrogen-bond acceptors (Lipinski definition) is 8. The lowest BCUT2D eigenvalue weighted by Gasteiger charge is -2.10. The van der Waals surface area contributed by atoms with Gasteiger partial charge in [-0.2, -0.15) is 9.71 Å². The maximum absolute atomic E-state index is 12.1. The number of rotatable bonds is 3. The van der Waals surface area contributed by atoms with Crippen molar-refractivity contribution in [3.05, 3.63) is 48.9 Å². The van der Waals surface area contributed by atoms with Gasteiger partial charge in [-0.25, -0.2) is 0 Å². The molecule has 0 bridgehead atoms. The molecule has 0 amide bonds. The number of benzene rings is 1. The molecule has 3 rings (SSSR count). The molecule has 0 aliphatic heterocycles. The molecule has 0 aliphatic carbocycles. The maximum Gasteiger partial charge on any atom is 0.327 e. The first-order chi connectivity index (χ1) is 12.6. The van der Waals surface area contributed by atoms with Gasteiger partial charge in [-0.3, -0.25) is 10.1 Å². The van der Waals surface area contributed by atoms with Gasteiger partial charge in [0, 0.05) is 6.92 Å². The Labute approximate surface area is 160 Å². The molecule has 0 atom stereocenters. The number of nitrogens with zero attached hydrogens (tertiary/aromatic N) is 4. The van der Waals surface area contributed by atoms with Crippen LogP contribution in [0.3, 0.4) is 0 Å². The Morgan fingerprint density at radius 1 is 1.26 bits per heavy atom. The van der Waals surface area contributed by atoms with E-state index in [0.717, 1.165) is 12.1 Å². The molecule has 2 aromatic heterocycles. The van der Waals surface area contributed by atoms with Crippen LogP contribution in [0.15, 0.2) is 16.7 Å². The zero-order valence-electron chi connectivity index (χ0n) is 13.7. The number of aromatic hydroxyl groups is 2. The molecule has 27 heavy (non-hydrogen) atoms. The van der Waals surface area contributed by atoms with E-state index in [0.29, 0.717) is 10.3 Å². The molecule has 0 unspecified atom stereocenters. The molecule has 0 spiro atoms. The molecular formula is C15H10Cl2N4O6. The SMILES string of the molecule is Cc1c(Cl)c(C)[n+]([O-])c(Cl)c1-c1noc(-c2ccc(O)c(O)c2[N+](=O)[O-])n1. The molecule has 2 heterocycles. The highest BCUT2D eigenvalue weighted by atomic mass is 35.5. The molecule has 0 fully saturated rings. The summed E-state index contributed by atoms with van der Waals surface area (Å²) in [6.07, 6.45) is 0. The first kappa shape index (κ1) is 18.7. The molecule has 0 saturated carbocycles. The van der Waals surface area contributed by atoms with Crippen molar-refractivity contribution in [2.24, 2.45) is 0 Å². The van der Waals surface area contributed by atoms with E-state index in [1.807, 2.05) is 0 Å². The van der Waals surface area contributed by atoms with Gasteiger partial charge in [-0.1, -0.05) is 16.8 Å². The summed E-state index contributed by atoms with van der Waals surface area (Å²) in [6.45, 7) is 3.09. The van der Waals surface area contributed by atoms with E-state index in [9.17, 15) is 25.5 Å². The molecule has 0 saturated heterocycles. The molecule has 0 radical (unpaired) electrons. The standard InChI is InChI=1S/C15H10Cl2N4O6/c1-5-9(13(17)20(24)6(2)10(5)16)14-18-15(27-19-14)7-3-4-8(22)12(23)11(7)21(25)26/h3-4,22-23H,1-2H3. The quantitative estimate of drug-likeness (QED) is 0.166. The van der Waals surface area contributed by atoms with E-state index < -0.39 is 22.1 Å². The normalized spacial score (nSPS) is 11.0. The number of phenolic OH excluding ortho intramolecular Hbond substituents is 2. The fraction of sp³-hybridized carbons (Fsp3) is 0.133. The Hall–Kier alpha value is -3.11. The first-order valence-corrected chi connectivity index (χ1v) is 8.02. The zero-order valence-corrected chi connectivity index (χ0v) is 15.2. The zero-order chi connectivity index (χ0) is 20.0. The number of nitro benzene ring substituents is 1. The van der Waals surface area contributed by atoms with Crippen molar-refractivity contribution >= 4 is 28.9 Å². The van der Waals surface area contributed by atoms with E-state index in [4.69, 9.17) is 27.7 Å². The second kappa shape index (κ2) is 6.56. The number of phenols is 2. The molecule has 10 nitrogen and oxygen atoms in total. The second-order valence-corrected chi connectivity index (χ2v) is 6.23. The van der Waals surface area contributed by atoms with Crippen LogP contribution in [0.2, 0.25) is 10.2 Å². The van der Waals surface area contributed by atoms with Crippen LogP contribution in [0.1, 0.15) is 11.3 Å². The largest absolute Gasteiger partial charge is 0.617 e. The molecule has 12 heteroatoms. The lowest BCUT2D eigenvalue weighted by molar-refractivity contribution is -0.609. The van der Waals surface area contributed by atoms with Crippen molar-refractivity contribution in [1.82, 2.24) is 10.1 Å². The molecule has 140 valence electrons. The average molecular weight is 413 g/mol. The Balaban J connectivity index is 2.22. The first-order valence-electron chi connectivity index (χ1n) is 7.26. The maximum atomic E-state index is 12.1. The van der Waals surface area contributed by atoms with Crippen molar-refractivity contribution in [2.75, 3.05) is 0 Å². The monoisotopic (exact) mass is 412 g/mol. The predicted octanol–water partition coefficient (Wildman–Crippen LogP) is 3.28. The van der Waals surface area contributed by atoms with Crippen molar-refractivity contribution < 1.29 is 24.4 Å². The smallest absolute Gasteiger partial charge is 0.327 e. The van der Waals surface area contributed by atoms with Crippen LogP contribution in [0.25, 0.3) is 22.8 Å². The van der Waals surface area contributed by atoms with E-state index in [1.54, 1.807) is 6.92 Å². The van der Waals surface area contributed by atoms with Crippen molar-refractivity contribution in [1.29, 1.82) is 0 Å². The predicted molar refractivity (Wildman–Crippen MR) is 93.6 cm³/mol. The summed E-state index contributed by atoms with van der Waals surface area (Å²) in [5, 5.41) is 46.2. The number of hydrogen-bond donors (Lipinski definition) is 2. The summed E-state index contributed by atoms with van der Waals surface area (Å²) < 4.78 is 5.44. The second-order valence-electron chi connectivity index (χ2n) is 5.49. The topological polar surface area (TPSA) is 149 Å². The Kier molecular flexibility index (Phi) is 4.54. The van der Waals surface area contributed by atoms with Crippen LogP contribution in [0.5, 0.6) is 11.5 Å². The van der Waals surface area contributed by atoms with Gasteiger partial charge in [0.2, 0.25) is 17.3 Å². The van der Waals surface area contributed by atoms with Crippen molar-refractivity contribution in [3.8, 4) is 34.3 Å². The van der Waals surface area contributed by atoms with Gasteiger partial charge < -0.3 is 19.9 Å². The van der Waals surface area contributed by atoms with Crippen LogP contribution in [-0.2, 0) is 0 Å². The van der Waals surface area contributed by atoms with E-state index in [2.05, 4.69) is 10.1 Å². The van der Waals surface area contributed by atoms with Gasteiger partial charge in [0.25, 0.3) is 11.0 Å². The van der Waals surface area contributed by atoms with Gasteiger partial charge in [-0.15, -0.1) is 0 Å². The van der Waals surface area contributed by atoms with E-state index >= 15 is 0 Å². The third-order valence-electron chi connectivity index (χ3n) is 3.90. The molecule has 1 aromatic carbocycles. The minimum Gasteiger partial charge on any atom is -0.617 e. The summed E-state index contributed by atoms with van der Waals surface area (Å²) in [5.41, 5.74) is -0.333. The Morgan fingerprint density at radius 3 is 2.56 bits per heavy atom. The summed E-state index contributed by atoms with van der Waals surface area (Å²) in [6, 6.07) is 2.17. The Morgan fingerprint density at radius 2 is 1.93 bits per heavy atom. The lowest BCUT2D eigenvalue weighted by Crippen LogP contribution is -2.33. The van der Waals surface area contributed by atoms with Crippen LogP contribution in [0, 0.1) is 29.2 Å².